The highest BCUT2D eigenvalue weighted by Crippen LogP contribution is 2.34. The van der Waals surface area contributed by atoms with Crippen LogP contribution in [0.25, 0.3) is 0 Å². The fourth-order valence-corrected chi connectivity index (χ4v) is 4.11. The van der Waals surface area contributed by atoms with Crippen molar-refractivity contribution in [1.29, 1.82) is 0 Å². The number of ether oxygens (including phenoxy) is 2. The summed E-state index contributed by atoms with van der Waals surface area (Å²) in [4.78, 5) is 17.4. The van der Waals surface area contributed by atoms with Crippen LogP contribution in [-0.4, -0.2) is 56.7 Å². The van der Waals surface area contributed by atoms with Gasteiger partial charge in [-0.1, -0.05) is 38.1 Å². The number of carbonyl (C=O) groups excluding carboxylic acids is 1. The number of benzene rings is 2. The van der Waals surface area contributed by atoms with E-state index in [1.165, 1.54) is 5.69 Å². The molecule has 1 N–H and O–H groups in total. The number of piperazine rings is 1. The molecule has 0 unspecified atom stereocenters. The number of hydrogen-bond donors (Lipinski definition) is 1. The zero-order valence-corrected chi connectivity index (χ0v) is 17.8. The molecule has 4 rings (SSSR count). The first-order chi connectivity index (χ1) is 14.6. The Morgan fingerprint density at radius 1 is 0.967 bits per heavy atom. The van der Waals surface area contributed by atoms with E-state index in [2.05, 4.69) is 53.2 Å². The molecule has 6 heteroatoms. The number of para-hydroxylation sites is 1. The zero-order valence-electron chi connectivity index (χ0n) is 17.8. The molecule has 0 bridgehead atoms. The van der Waals surface area contributed by atoms with E-state index in [-0.39, 0.29) is 17.9 Å². The average Bonchev–Trinajstić information content (AvgIpc) is 2.78. The fourth-order valence-electron chi connectivity index (χ4n) is 4.11. The molecule has 2 aromatic carbocycles. The molecule has 0 aliphatic carbocycles. The van der Waals surface area contributed by atoms with Crippen LogP contribution in [0.15, 0.2) is 48.5 Å². The average molecular weight is 410 g/mol. The summed E-state index contributed by atoms with van der Waals surface area (Å²) < 4.78 is 11.3. The summed E-state index contributed by atoms with van der Waals surface area (Å²) in [5.41, 5.74) is 2.30. The van der Waals surface area contributed by atoms with Crippen molar-refractivity contribution < 1.29 is 14.3 Å². The number of fused-ring (bicyclic) bond motifs is 1. The third-order valence-electron chi connectivity index (χ3n) is 5.77. The van der Waals surface area contributed by atoms with Gasteiger partial charge in [0.2, 0.25) is 5.91 Å². The number of nitrogens with zero attached hydrogens (tertiary/aromatic N) is 2. The lowest BCUT2D eigenvalue weighted by atomic mass is 9.95. The van der Waals surface area contributed by atoms with Crippen molar-refractivity contribution in [2.45, 2.75) is 19.9 Å². The molecule has 1 fully saturated rings. The predicted molar refractivity (Wildman–Crippen MR) is 118 cm³/mol. The van der Waals surface area contributed by atoms with Crippen molar-refractivity contribution in [2.75, 3.05) is 50.8 Å². The fraction of sp³-hybridized carbons (Fsp3) is 0.458. The second-order valence-electron chi connectivity index (χ2n) is 8.29. The first kappa shape index (κ1) is 20.5. The van der Waals surface area contributed by atoms with Gasteiger partial charge < -0.3 is 19.7 Å². The van der Waals surface area contributed by atoms with Gasteiger partial charge in [0.05, 0.1) is 12.6 Å². The highest BCUT2D eigenvalue weighted by Gasteiger charge is 2.24. The minimum atomic E-state index is -0.0565. The SMILES string of the molecule is CC(C)[C@H](NC(=O)CN1CCN(c2ccccc2)CC1)c1ccc2c(c1)OCCO2. The van der Waals surface area contributed by atoms with E-state index >= 15 is 0 Å². The smallest absolute Gasteiger partial charge is 0.234 e. The van der Waals surface area contributed by atoms with E-state index < -0.39 is 0 Å². The Morgan fingerprint density at radius 3 is 2.37 bits per heavy atom. The number of hydrogen-bond acceptors (Lipinski definition) is 5. The van der Waals surface area contributed by atoms with E-state index in [1.807, 2.05) is 24.3 Å². The molecule has 2 aliphatic rings. The third kappa shape index (κ3) is 4.87. The van der Waals surface area contributed by atoms with Crippen molar-refractivity contribution in [1.82, 2.24) is 10.2 Å². The molecule has 0 radical (unpaired) electrons. The van der Waals surface area contributed by atoms with Crippen molar-refractivity contribution >= 4 is 11.6 Å². The van der Waals surface area contributed by atoms with E-state index in [0.29, 0.717) is 19.8 Å². The Hall–Kier alpha value is -2.73. The van der Waals surface area contributed by atoms with Gasteiger partial charge in [0.1, 0.15) is 13.2 Å². The summed E-state index contributed by atoms with van der Waals surface area (Å²) >= 11 is 0. The lowest BCUT2D eigenvalue weighted by molar-refractivity contribution is -0.123. The summed E-state index contributed by atoms with van der Waals surface area (Å²) in [7, 11) is 0. The maximum Gasteiger partial charge on any atom is 0.234 e. The number of anilines is 1. The number of nitrogens with one attached hydrogen (secondary N) is 1. The van der Waals surface area contributed by atoms with Gasteiger partial charge in [-0.25, -0.2) is 0 Å². The van der Waals surface area contributed by atoms with Crippen molar-refractivity contribution in [2.24, 2.45) is 5.92 Å². The molecule has 2 aliphatic heterocycles. The first-order valence-electron chi connectivity index (χ1n) is 10.8. The van der Waals surface area contributed by atoms with Gasteiger partial charge in [-0.15, -0.1) is 0 Å². The molecule has 0 spiro atoms. The second kappa shape index (κ2) is 9.39. The molecular formula is C24H31N3O3. The van der Waals surface area contributed by atoms with Crippen LogP contribution in [0.5, 0.6) is 11.5 Å². The highest BCUT2D eigenvalue weighted by atomic mass is 16.6. The summed E-state index contributed by atoms with van der Waals surface area (Å²) in [6, 6.07) is 16.4. The maximum absolute atomic E-state index is 12.8. The van der Waals surface area contributed by atoms with Crippen LogP contribution in [0, 0.1) is 5.92 Å². The van der Waals surface area contributed by atoms with Crippen LogP contribution in [0.2, 0.25) is 0 Å². The summed E-state index contributed by atoms with van der Waals surface area (Å²) in [6.07, 6.45) is 0. The zero-order chi connectivity index (χ0) is 20.9. The molecule has 6 nitrogen and oxygen atoms in total. The van der Waals surface area contributed by atoms with E-state index in [9.17, 15) is 4.79 Å². The molecule has 1 amide bonds. The predicted octanol–water partition coefficient (Wildman–Crippen LogP) is 3.09. The monoisotopic (exact) mass is 409 g/mol. The number of carbonyl (C=O) groups is 1. The molecule has 0 saturated carbocycles. The molecular weight excluding hydrogens is 378 g/mol. The van der Waals surface area contributed by atoms with Crippen LogP contribution in [0.1, 0.15) is 25.5 Å². The minimum absolute atomic E-state index is 0.0565. The standard InChI is InChI=1S/C24H31N3O3/c1-18(2)24(19-8-9-21-22(16-19)30-15-14-29-21)25-23(28)17-26-10-12-27(13-11-26)20-6-4-3-5-7-20/h3-9,16,18,24H,10-15,17H2,1-2H3,(H,25,28)/t24-/m0/s1. The number of amides is 1. The highest BCUT2D eigenvalue weighted by molar-refractivity contribution is 5.78. The molecule has 2 heterocycles. The Kier molecular flexibility index (Phi) is 6.43. The Morgan fingerprint density at radius 2 is 1.67 bits per heavy atom. The second-order valence-corrected chi connectivity index (χ2v) is 8.29. The van der Waals surface area contributed by atoms with Crippen LogP contribution in [0.4, 0.5) is 5.69 Å². The Bertz CT molecular complexity index is 848. The van der Waals surface area contributed by atoms with Gasteiger partial charge in [0.25, 0.3) is 0 Å². The maximum atomic E-state index is 12.8. The van der Waals surface area contributed by atoms with Crippen LogP contribution in [0.3, 0.4) is 0 Å². The van der Waals surface area contributed by atoms with Gasteiger partial charge in [-0.2, -0.15) is 0 Å². The molecule has 1 saturated heterocycles. The van der Waals surface area contributed by atoms with Crippen molar-refractivity contribution in [3.8, 4) is 11.5 Å². The molecule has 30 heavy (non-hydrogen) atoms. The quantitative estimate of drug-likeness (QED) is 0.795. The molecule has 0 aromatic heterocycles. The lowest BCUT2D eigenvalue weighted by Crippen LogP contribution is -2.50. The van der Waals surface area contributed by atoms with Gasteiger partial charge in [-0.05, 0) is 35.7 Å². The van der Waals surface area contributed by atoms with Gasteiger partial charge in [0.15, 0.2) is 11.5 Å². The van der Waals surface area contributed by atoms with Crippen LogP contribution in [-0.2, 0) is 4.79 Å². The molecule has 2 aromatic rings. The lowest BCUT2D eigenvalue weighted by Gasteiger charge is -2.36. The largest absolute Gasteiger partial charge is 0.486 e. The summed E-state index contributed by atoms with van der Waals surface area (Å²) in [5.74, 6) is 1.87. The van der Waals surface area contributed by atoms with Crippen LogP contribution < -0.4 is 19.7 Å². The van der Waals surface area contributed by atoms with Gasteiger partial charge in [0, 0.05) is 31.9 Å². The van der Waals surface area contributed by atoms with E-state index in [4.69, 9.17) is 9.47 Å². The van der Waals surface area contributed by atoms with Crippen molar-refractivity contribution in [3.63, 3.8) is 0 Å². The Balaban J connectivity index is 1.33. The van der Waals surface area contributed by atoms with Crippen LogP contribution >= 0.6 is 0 Å². The Labute approximate surface area is 178 Å². The first-order valence-corrected chi connectivity index (χ1v) is 10.8. The van der Waals surface area contributed by atoms with Gasteiger partial charge in [-0.3, -0.25) is 9.69 Å². The van der Waals surface area contributed by atoms with E-state index in [0.717, 1.165) is 43.2 Å². The van der Waals surface area contributed by atoms with Gasteiger partial charge >= 0.3 is 0 Å². The normalized spacial score (nSPS) is 17.6. The van der Waals surface area contributed by atoms with Crippen molar-refractivity contribution in [3.05, 3.63) is 54.1 Å². The van der Waals surface area contributed by atoms with E-state index in [1.54, 1.807) is 0 Å². The molecule has 160 valence electrons. The summed E-state index contributed by atoms with van der Waals surface area (Å²) in [6.45, 7) is 9.47. The molecule has 1 atom stereocenters. The summed E-state index contributed by atoms with van der Waals surface area (Å²) in [5, 5.41) is 3.24. The minimum Gasteiger partial charge on any atom is -0.486 e. The number of rotatable bonds is 6. The topological polar surface area (TPSA) is 54.0 Å². The third-order valence-corrected chi connectivity index (χ3v) is 5.77.